The molecule has 3 rings (SSSR count). The summed E-state index contributed by atoms with van der Waals surface area (Å²) < 4.78 is 6.42. The number of benzene rings is 1. The van der Waals surface area contributed by atoms with Crippen molar-refractivity contribution in [1.29, 1.82) is 0 Å². The molecule has 0 unspecified atom stereocenters. The molecule has 0 aliphatic carbocycles. The average molecular weight is 332 g/mol. The molecule has 0 aliphatic heterocycles. The van der Waals surface area contributed by atoms with E-state index < -0.39 is 0 Å². The SMILES string of the molecule is Clc1ccccc1Oc1ccc2ncnc([As])c2n1. The van der Waals surface area contributed by atoms with Crippen molar-refractivity contribution in [3.05, 3.63) is 47.7 Å². The predicted molar refractivity (Wildman–Crippen MR) is 74.2 cm³/mol. The van der Waals surface area contributed by atoms with Gasteiger partial charge >= 0.3 is 123 Å². The van der Waals surface area contributed by atoms with Gasteiger partial charge in [-0.15, -0.1) is 0 Å². The van der Waals surface area contributed by atoms with Crippen molar-refractivity contribution in [2.24, 2.45) is 0 Å². The van der Waals surface area contributed by atoms with Crippen molar-refractivity contribution in [1.82, 2.24) is 15.0 Å². The maximum atomic E-state index is 6.04. The zero-order valence-electron chi connectivity index (χ0n) is 9.62. The Hall–Kier alpha value is -1.64. The molecule has 0 saturated heterocycles. The molecule has 0 bridgehead atoms. The van der Waals surface area contributed by atoms with Crippen LogP contribution in [-0.4, -0.2) is 31.8 Å². The normalized spacial score (nSPS) is 10.6. The maximum absolute atomic E-state index is 6.04. The van der Waals surface area contributed by atoms with Gasteiger partial charge in [-0.3, -0.25) is 0 Å². The third-order valence-corrected chi connectivity index (χ3v) is 3.49. The Balaban J connectivity index is 2.02. The zero-order chi connectivity index (χ0) is 13.2. The molecule has 0 aliphatic rings. The van der Waals surface area contributed by atoms with Crippen LogP contribution >= 0.6 is 11.6 Å². The molecule has 19 heavy (non-hydrogen) atoms. The van der Waals surface area contributed by atoms with Crippen molar-refractivity contribution in [3.8, 4) is 11.6 Å². The summed E-state index contributed by atoms with van der Waals surface area (Å²) in [5.74, 6) is 1.03. The quantitative estimate of drug-likeness (QED) is 0.676. The van der Waals surface area contributed by atoms with Gasteiger partial charge in [0.2, 0.25) is 0 Å². The fourth-order valence-electron chi connectivity index (χ4n) is 1.61. The van der Waals surface area contributed by atoms with Crippen LogP contribution in [0, 0.1) is 0 Å². The Kier molecular flexibility index (Phi) is 3.36. The zero-order valence-corrected chi connectivity index (χ0v) is 12.2. The number of nitrogens with zero attached hydrogens (tertiary/aromatic N) is 3. The van der Waals surface area contributed by atoms with Crippen LogP contribution in [0.5, 0.6) is 11.6 Å². The number of aromatic nitrogens is 3. The van der Waals surface area contributed by atoms with Gasteiger partial charge < -0.3 is 0 Å². The van der Waals surface area contributed by atoms with Crippen LogP contribution < -0.4 is 9.22 Å². The Morgan fingerprint density at radius 3 is 2.74 bits per heavy atom. The molecule has 2 heterocycles. The number of fused-ring (bicyclic) bond motifs is 1. The van der Waals surface area contributed by atoms with E-state index in [1.54, 1.807) is 18.2 Å². The third kappa shape index (κ3) is 2.55. The summed E-state index contributed by atoms with van der Waals surface area (Å²) in [5.41, 5.74) is 1.48. The summed E-state index contributed by atoms with van der Waals surface area (Å²) in [6, 6.07) is 10.9. The van der Waals surface area contributed by atoms with E-state index in [2.05, 4.69) is 31.8 Å². The Morgan fingerprint density at radius 2 is 1.89 bits per heavy atom. The molecule has 92 valence electrons. The first-order valence-electron chi connectivity index (χ1n) is 5.47. The number of rotatable bonds is 2. The van der Waals surface area contributed by atoms with Crippen LogP contribution in [0.15, 0.2) is 42.7 Å². The van der Waals surface area contributed by atoms with Gasteiger partial charge in [-0.25, -0.2) is 0 Å². The van der Waals surface area contributed by atoms with Crippen molar-refractivity contribution in [2.75, 3.05) is 0 Å². The van der Waals surface area contributed by atoms with Crippen molar-refractivity contribution in [3.63, 3.8) is 0 Å². The molecule has 0 amide bonds. The van der Waals surface area contributed by atoms with Gasteiger partial charge in [0, 0.05) is 0 Å². The Bertz CT molecular complexity index is 751. The first kappa shape index (κ1) is 12.4. The van der Waals surface area contributed by atoms with Crippen LogP contribution in [0.1, 0.15) is 0 Å². The van der Waals surface area contributed by atoms with Gasteiger partial charge in [-0.2, -0.15) is 0 Å². The summed E-state index contributed by atoms with van der Waals surface area (Å²) >= 11 is 8.41. The van der Waals surface area contributed by atoms with Gasteiger partial charge in [0.1, 0.15) is 0 Å². The van der Waals surface area contributed by atoms with Gasteiger partial charge in [0.25, 0.3) is 0 Å². The molecule has 0 saturated carbocycles. The molecule has 0 atom stereocenters. The summed E-state index contributed by atoms with van der Waals surface area (Å²) in [6.07, 6.45) is 1.51. The molecular weight excluding hydrogens is 325 g/mol. The van der Waals surface area contributed by atoms with Gasteiger partial charge in [-0.1, -0.05) is 0 Å². The summed E-state index contributed by atoms with van der Waals surface area (Å²) in [4.78, 5) is 12.6. The van der Waals surface area contributed by atoms with E-state index in [4.69, 9.17) is 16.3 Å². The molecule has 1 aromatic carbocycles. The molecular formula is C13H7AsClN3O. The summed E-state index contributed by atoms with van der Waals surface area (Å²) in [7, 11) is 0. The van der Waals surface area contributed by atoms with Crippen molar-refractivity contribution in [2.45, 2.75) is 0 Å². The minimum atomic E-state index is 0.461. The monoisotopic (exact) mass is 331 g/mol. The Morgan fingerprint density at radius 1 is 1.05 bits per heavy atom. The van der Waals surface area contributed by atoms with E-state index >= 15 is 0 Å². The number of hydrogen-bond donors (Lipinski definition) is 0. The second-order valence-electron chi connectivity index (χ2n) is 3.75. The molecule has 2 aromatic heterocycles. The second-order valence-corrected chi connectivity index (χ2v) is 5.04. The van der Waals surface area contributed by atoms with Gasteiger partial charge in [0.15, 0.2) is 0 Å². The fourth-order valence-corrected chi connectivity index (χ4v) is 2.23. The van der Waals surface area contributed by atoms with Crippen LogP contribution in [-0.2, 0) is 0 Å². The molecule has 6 heteroatoms. The molecule has 2 radical (unpaired) electrons. The summed E-state index contributed by atoms with van der Waals surface area (Å²) in [6.45, 7) is 0. The third-order valence-electron chi connectivity index (χ3n) is 2.49. The second kappa shape index (κ2) is 5.16. The van der Waals surface area contributed by atoms with Crippen LogP contribution in [0.4, 0.5) is 0 Å². The van der Waals surface area contributed by atoms with E-state index in [0.29, 0.717) is 22.2 Å². The molecule has 0 spiro atoms. The Labute approximate surface area is 123 Å². The van der Waals surface area contributed by atoms with Crippen LogP contribution in [0.25, 0.3) is 11.0 Å². The number of ether oxygens (including phenoxy) is 1. The molecule has 3 aromatic rings. The average Bonchev–Trinajstić information content (AvgIpc) is 2.42. The number of hydrogen-bond acceptors (Lipinski definition) is 4. The summed E-state index contributed by atoms with van der Waals surface area (Å²) in [5, 5.41) is 0.543. The van der Waals surface area contributed by atoms with Gasteiger partial charge in [-0.05, 0) is 0 Å². The van der Waals surface area contributed by atoms with Crippen LogP contribution in [0.2, 0.25) is 5.02 Å². The van der Waals surface area contributed by atoms with E-state index in [1.807, 2.05) is 18.2 Å². The molecule has 4 nitrogen and oxygen atoms in total. The number of pyridine rings is 1. The van der Waals surface area contributed by atoms with E-state index in [-0.39, 0.29) is 0 Å². The first-order valence-corrected chi connectivity index (χ1v) is 6.79. The molecule has 0 fully saturated rings. The first-order chi connectivity index (χ1) is 9.24. The fraction of sp³-hybridized carbons (Fsp3) is 0. The topological polar surface area (TPSA) is 47.9 Å². The standard InChI is InChI=1S/C13H7AsClN3O/c14-13-12-9(16-7-17-13)5-6-11(18-12)19-10-4-2-1-3-8(10)15/h1-7H. The van der Waals surface area contributed by atoms with Crippen LogP contribution in [0.3, 0.4) is 0 Å². The number of halogens is 1. The van der Waals surface area contributed by atoms with E-state index in [0.717, 1.165) is 10.00 Å². The van der Waals surface area contributed by atoms with E-state index in [1.165, 1.54) is 6.33 Å². The van der Waals surface area contributed by atoms with Crippen molar-refractivity contribution < 1.29 is 4.74 Å². The minimum absolute atomic E-state index is 0.461. The van der Waals surface area contributed by atoms with Crippen molar-refractivity contribution >= 4 is 44.0 Å². The number of para-hydroxylation sites is 1. The molecule has 0 N–H and O–H groups in total. The van der Waals surface area contributed by atoms with E-state index in [9.17, 15) is 0 Å². The predicted octanol–water partition coefficient (Wildman–Crippen LogP) is 2.26. The van der Waals surface area contributed by atoms with Gasteiger partial charge in [0.05, 0.1) is 0 Å².